The van der Waals surface area contributed by atoms with E-state index in [0.29, 0.717) is 0 Å². The largest absolute Gasteiger partial charge is 0.490 e. The first-order valence-corrected chi connectivity index (χ1v) is 5.28. The predicted octanol–water partition coefficient (Wildman–Crippen LogP) is 0.209. The molecule has 0 spiro atoms. The molecule has 9 heteroatoms. The monoisotopic (exact) mass is 248 g/mol. The van der Waals surface area contributed by atoms with E-state index < -0.39 is 40.2 Å². The standard InChI is InChI=1S/C6H7F3O5S/c1-3-4(2-13-15(3,11)12)14-5(10)6(7,8)9/h3-4H,2H2,1H3. The summed E-state index contributed by atoms with van der Waals surface area (Å²) >= 11 is 0. The smallest absolute Gasteiger partial charge is 0.452 e. The van der Waals surface area contributed by atoms with Crippen molar-refractivity contribution < 1.29 is 35.3 Å². The summed E-state index contributed by atoms with van der Waals surface area (Å²) in [4.78, 5) is 10.4. The molecule has 1 aliphatic rings. The van der Waals surface area contributed by atoms with Crippen molar-refractivity contribution in [3.63, 3.8) is 0 Å². The van der Waals surface area contributed by atoms with Crippen LogP contribution in [-0.2, 0) is 23.8 Å². The molecule has 1 fully saturated rings. The average Bonchev–Trinajstić information content (AvgIpc) is 2.30. The number of hydrogen-bond donors (Lipinski definition) is 0. The zero-order valence-corrected chi connectivity index (χ0v) is 8.26. The summed E-state index contributed by atoms with van der Waals surface area (Å²) in [6.07, 6.45) is -6.55. The highest BCUT2D eigenvalue weighted by atomic mass is 32.2. The minimum absolute atomic E-state index is 0.578. The second-order valence-corrected chi connectivity index (χ2v) is 4.89. The molecule has 0 aliphatic carbocycles. The summed E-state index contributed by atoms with van der Waals surface area (Å²) < 4.78 is 65.3. The van der Waals surface area contributed by atoms with E-state index in [2.05, 4.69) is 8.92 Å². The van der Waals surface area contributed by atoms with E-state index in [4.69, 9.17) is 0 Å². The lowest BCUT2D eigenvalue weighted by molar-refractivity contribution is -0.205. The van der Waals surface area contributed by atoms with E-state index in [-0.39, 0.29) is 0 Å². The van der Waals surface area contributed by atoms with Crippen molar-refractivity contribution in [1.29, 1.82) is 0 Å². The van der Waals surface area contributed by atoms with Gasteiger partial charge in [0.05, 0.1) is 0 Å². The molecule has 0 aromatic rings. The molecule has 0 aromatic carbocycles. The van der Waals surface area contributed by atoms with Gasteiger partial charge in [0.25, 0.3) is 10.1 Å². The molecule has 5 nitrogen and oxygen atoms in total. The highest BCUT2D eigenvalue weighted by molar-refractivity contribution is 7.87. The van der Waals surface area contributed by atoms with Gasteiger partial charge in [-0.05, 0) is 6.92 Å². The zero-order valence-electron chi connectivity index (χ0n) is 7.45. The summed E-state index contributed by atoms with van der Waals surface area (Å²) in [5, 5.41) is -1.29. The molecule has 0 bridgehead atoms. The van der Waals surface area contributed by atoms with Gasteiger partial charge in [0.1, 0.15) is 18.0 Å². The molecule has 0 saturated carbocycles. The van der Waals surface area contributed by atoms with Crippen LogP contribution in [0.2, 0.25) is 0 Å². The Morgan fingerprint density at radius 3 is 2.33 bits per heavy atom. The number of halogens is 3. The quantitative estimate of drug-likeness (QED) is 0.490. The minimum Gasteiger partial charge on any atom is -0.452 e. The molecule has 1 rings (SSSR count). The fourth-order valence-corrected chi connectivity index (χ4v) is 1.97. The Hall–Kier alpha value is -0.830. The van der Waals surface area contributed by atoms with Gasteiger partial charge in [-0.25, -0.2) is 4.79 Å². The number of hydrogen-bond acceptors (Lipinski definition) is 5. The van der Waals surface area contributed by atoms with Crippen molar-refractivity contribution in [3.05, 3.63) is 0 Å². The molecule has 0 N–H and O–H groups in total. The van der Waals surface area contributed by atoms with E-state index in [1.807, 2.05) is 0 Å². The van der Waals surface area contributed by atoms with Crippen LogP contribution in [0.5, 0.6) is 0 Å². The van der Waals surface area contributed by atoms with Gasteiger partial charge in [0, 0.05) is 0 Å². The minimum atomic E-state index is -5.13. The lowest BCUT2D eigenvalue weighted by Crippen LogP contribution is -2.35. The molecule has 1 saturated heterocycles. The predicted molar refractivity (Wildman–Crippen MR) is 40.3 cm³/mol. The maximum Gasteiger partial charge on any atom is 0.490 e. The van der Waals surface area contributed by atoms with Crippen molar-refractivity contribution >= 4 is 16.1 Å². The first kappa shape index (κ1) is 12.2. The number of rotatable bonds is 1. The van der Waals surface area contributed by atoms with E-state index in [1.54, 1.807) is 0 Å². The maximum absolute atomic E-state index is 11.8. The fraction of sp³-hybridized carbons (Fsp3) is 0.833. The van der Waals surface area contributed by atoms with Crippen LogP contribution in [0.15, 0.2) is 0 Å². The van der Waals surface area contributed by atoms with E-state index in [1.165, 1.54) is 0 Å². The number of esters is 1. The third-order valence-electron chi connectivity index (χ3n) is 1.87. The number of carbonyl (C=O) groups excluding carboxylic acids is 1. The van der Waals surface area contributed by atoms with Crippen LogP contribution < -0.4 is 0 Å². The van der Waals surface area contributed by atoms with Crippen LogP contribution in [0, 0.1) is 0 Å². The molecular formula is C6H7F3O5S. The molecule has 0 aromatic heterocycles. The molecule has 1 heterocycles. The Morgan fingerprint density at radius 2 is 2.00 bits per heavy atom. The Kier molecular flexibility index (Phi) is 2.97. The second-order valence-electron chi connectivity index (χ2n) is 2.92. The van der Waals surface area contributed by atoms with Crippen LogP contribution >= 0.6 is 0 Å². The van der Waals surface area contributed by atoms with E-state index >= 15 is 0 Å². The second kappa shape index (κ2) is 3.63. The van der Waals surface area contributed by atoms with Crippen LogP contribution in [0.25, 0.3) is 0 Å². The number of carbonyl (C=O) groups is 1. The summed E-state index contributed by atoms with van der Waals surface area (Å²) in [6.45, 7) is 0.530. The molecule has 1 aliphatic heterocycles. The Labute approximate surface area is 83.3 Å². The first-order valence-electron chi connectivity index (χ1n) is 3.80. The van der Waals surface area contributed by atoms with Crippen molar-refractivity contribution in [3.8, 4) is 0 Å². The van der Waals surface area contributed by atoms with Crippen molar-refractivity contribution in [2.45, 2.75) is 24.5 Å². The van der Waals surface area contributed by atoms with Gasteiger partial charge in [-0.2, -0.15) is 21.6 Å². The fourth-order valence-electron chi connectivity index (χ4n) is 0.925. The number of ether oxygens (including phenoxy) is 1. The zero-order chi connectivity index (χ0) is 11.9. The third kappa shape index (κ3) is 2.59. The van der Waals surface area contributed by atoms with Crippen LogP contribution in [-0.4, -0.2) is 38.5 Å². The molecule has 2 unspecified atom stereocenters. The van der Waals surface area contributed by atoms with Gasteiger partial charge in [-0.15, -0.1) is 0 Å². The highest BCUT2D eigenvalue weighted by Crippen LogP contribution is 2.24. The van der Waals surface area contributed by atoms with E-state index in [9.17, 15) is 26.4 Å². The molecule has 88 valence electrons. The molecule has 0 amide bonds. The SMILES string of the molecule is CC1C(OC(=O)C(F)(F)F)COS1(=O)=O. The normalized spacial score (nSPS) is 30.1. The van der Waals surface area contributed by atoms with E-state index in [0.717, 1.165) is 6.92 Å². The number of alkyl halides is 3. The summed E-state index contributed by atoms with van der Waals surface area (Å²) in [6, 6.07) is 0. The van der Waals surface area contributed by atoms with Crippen molar-refractivity contribution in [1.82, 2.24) is 0 Å². The van der Waals surface area contributed by atoms with Crippen molar-refractivity contribution in [2.24, 2.45) is 0 Å². The lowest BCUT2D eigenvalue weighted by Gasteiger charge is -2.14. The van der Waals surface area contributed by atoms with Crippen LogP contribution in [0.4, 0.5) is 13.2 Å². The van der Waals surface area contributed by atoms with Crippen LogP contribution in [0.1, 0.15) is 6.92 Å². The van der Waals surface area contributed by atoms with Crippen LogP contribution in [0.3, 0.4) is 0 Å². The maximum atomic E-state index is 11.8. The highest BCUT2D eigenvalue weighted by Gasteiger charge is 2.47. The third-order valence-corrected chi connectivity index (χ3v) is 3.54. The molecule has 0 radical (unpaired) electrons. The summed E-state index contributed by atoms with van der Waals surface area (Å²) in [7, 11) is -3.91. The van der Waals surface area contributed by atoms with Gasteiger partial charge in [-0.3, -0.25) is 4.18 Å². The van der Waals surface area contributed by atoms with Gasteiger partial charge in [0.15, 0.2) is 0 Å². The Morgan fingerprint density at radius 1 is 1.47 bits per heavy atom. The van der Waals surface area contributed by atoms with Crippen molar-refractivity contribution in [2.75, 3.05) is 6.61 Å². The molecular weight excluding hydrogens is 241 g/mol. The van der Waals surface area contributed by atoms with Gasteiger partial charge in [0.2, 0.25) is 0 Å². The molecule has 15 heavy (non-hydrogen) atoms. The van der Waals surface area contributed by atoms with Gasteiger partial charge in [-0.1, -0.05) is 0 Å². The average molecular weight is 248 g/mol. The van der Waals surface area contributed by atoms with Gasteiger partial charge < -0.3 is 4.74 Å². The molecule has 2 atom stereocenters. The summed E-state index contributed by atoms with van der Waals surface area (Å²) in [5.41, 5.74) is 0. The first-order chi connectivity index (χ1) is 6.64. The van der Waals surface area contributed by atoms with Gasteiger partial charge >= 0.3 is 12.1 Å². The Bertz CT molecular complexity index is 359. The lowest BCUT2D eigenvalue weighted by atomic mass is 10.3. The topological polar surface area (TPSA) is 69.7 Å². The summed E-state index contributed by atoms with van der Waals surface area (Å²) in [5.74, 6) is -2.42. The Balaban J connectivity index is 2.67.